The summed E-state index contributed by atoms with van der Waals surface area (Å²) in [6.45, 7) is 3.00. The number of aromatic nitrogens is 3. The lowest BCUT2D eigenvalue weighted by molar-refractivity contribution is -0.142. The smallest absolute Gasteiger partial charge is 0.378 e. The molecule has 1 amide bonds. The van der Waals surface area contributed by atoms with E-state index in [9.17, 15) is 40.6 Å². The normalized spacial score (nSPS) is 16.9. The summed E-state index contributed by atoms with van der Waals surface area (Å²) < 4.78 is 99.2. The monoisotopic (exact) mass is 660 g/mol. The molecule has 6 nitrogen and oxygen atoms in total. The summed E-state index contributed by atoms with van der Waals surface area (Å²) >= 11 is 3.31. The van der Waals surface area contributed by atoms with Crippen LogP contribution in [-0.4, -0.2) is 31.4 Å². The number of halogens is 8. The number of hydrogen-bond donors (Lipinski definition) is 2. The van der Waals surface area contributed by atoms with Gasteiger partial charge in [0.15, 0.2) is 5.69 Å². The molecule has 0 saturated carbocycles. The van der Waals surface area contributed by atoms with Crippen molar-refractivity contribution in [2.45, 2.75) is 63.9 Å². The highest BCUT2D eigenvalue weighted by Gasteiger charge is 2.54. The third kappa shape index (κ3) is 6.95. The van der Waals surface area contributed by atoms with Gasteiger partial charge in [-0.2, -0.15) is 27.1 Å². The first-order valence-electron chi connectivity index (χ1n) is 12.6. The van der Waals surface area contributed by atoms with Gasteiger partial charge in [0, 0.05) is 22.0 Å². The molecule has 0 fully saturated rings. The molecular weight excluding hydrogens is 637 g/mol. The lowest BCUT2D eigenvalue weighted by Crippen LogP contribution is -2.35. The van der Waals surface area contributed by atoms with E-state index in [0.717, 1.165) is 19.1 Å². The standard InChI is InChI=1S/C28H24BrF7N4O2/c1-14-8-19-24(28(34,35)36)39-40(25(19)27(14,32)33)13-22(41)38-21(11-15-9-16(30)12-17(31)10-15)23-20(29)5-4-18(37-23)6-7-26(2,3)42/h4-5,9-10,12,14,21,42H,8,11,13H2,1-3H3,(H,38,41). The average Bonchev–Trinajstić information content (AvgIpc) is 3.31. The lowest BCUT2D eigenvalue weighted by Gasteiger charge is -2.22. The Morgan fingerprint density at radius 2 is 1.86 bits per heavy atom. The van der Waals surface area contributed by atoms with E-state index >= 15 is 0 Å². The van der Waals surface area contributed by atoms with Crippen LogP contribution in [-0.2, 0) is 36.3 Å². The molecule has 1 aliphatic rings. The Labute approximate surface area is 244 Å². The first-order valence-corrected chi connectivity index (χ1v) is 13.4. The zero-order valence-electron chi connectivity index (χ0n) is 22.4. The van der Waals surface area contributed by atoms with Crippen LogP contribution in [0.2, 0.25) is 0 Å². The van der Waals surface area contributed by atoms with E-state index in [-0.39, 0.29) is 23.4 Å². The van der Waals surface area contributed by atoms with Crippen LogP contribution in [0.15, 0.2) is 34.8 Å². The molecule has 42 heavy (non-hydrogen) atoms. The van der Waals surface area contributed by atoms with Gasteiger partial charge in [-0.1, -0.05) is 12.8 Å². The molecule has 2 heterocycles. The van der Waals surface area contributed by atoms with Gasteiger partial charge < -0.3 is 10.4 Å². The predicted molar refractivity (Wildman–Crippen MR) is 140 cm³/mol. The predicted octanol–water partition coefficient (Wildman–Crippen LogP) is 5.84. The number of alkyl halides is 5. The maximum atomic E-state index is 14.9. The van der Waals surface area contributed by atoms with Gasteiger partial charge in [0.2, 0.25) is 5.91 Å². The zero-order valence-corrected chi connectivity index (χ0v) is 24.0. The number of aliphatic hydroxyl groups is 1. The Bertz CT molecular complexity index is 1570. The molecule has 1 aliphatic carbocycles. The Hall–Kier alpha value is -3.44. The summed E-state index contributed by atoms with van der Waals surface area (Å²) in [5.41, 5.74) is -4.11. The minimum absolute atomic E-state index is 0.0965. The molecule has 0 saturated heterocycles. The van der Waals surface area contributed by atoms with E-state index in [4.69, 9.17) is 0 Å². The number of rotatable bonds is 6. The third-order valence-corrected chi connectivity index (χ3v) is 7.12. The summed E-state index contributed by atoms with van der Waals surface area (Å²) in [7, 11) is 0. The number of nitrogens with zero attached hydrogens (tertiary/aromatic N) is 3. The highest BCUT2D eigenvalue weighted by Crippen LogP contribution is 2.49. The fraction of sp³-hybridized carbons (Fsp3) is 0.393. The molecular formula is C28H24BrF7N4O2. The van der Waals surface area contributed by atoms with Gasteiger partial charge in [0.25, 0.3) is 5.92 Å². The molecule has 2 unspecified atom stereocenters. The van der Waals surface area contributed by atoms with Gasteiger partial charge in [0.05, 0.1) is 11.7 Å². The van der Waals surface area contributed by atoms with Crippen molar-refractivity contribution in [3.63, 3.8) is 0 Å². The number of benzene rings is 1. The minimum Gasteiger partial charge on any atom is -0.378 e. The van der Waals surface area contributed by atoms with Crippen LogP contribution in [0.3, 0.4) is 0 Å². The van der Waals surface area contributed by atoms with Crippen LogP contribution < -0.4 is 5.32 Å². The average molecular weight is 661 g/mol. The van der Waals surface area contributed by atoms with Gasteiger partial charge in [0.1, 0.15) is 35.2 Å². The number of fused-ring (bicyclic) bond motifs is 1. The molecule has 0 bridgehead atoms. The van der Waals surface area contributed by atoms with E-state index in [1.807, 2.05) is 0 Å². The lowest BCUT2D eigenvalue weighted by atomic mass is 10.0. The van der Waals surface area contributed by atoms with E-state index in [2.05, 4.69) is 43.2 Å². The van der Waals surface area contributed by atoms with Crippen molar-refractivity contribution >= 4 is 21.8 Å². The number of hydrogen-bond acceptors (Lipinski definition) is 4. The zero-order chi connectivity index (χ0) is 31.2. The van der Waals surface area contributed by atoms with Gasteiger partial charge in [-0.3, -0.25) is 9.48 Å². The Kier molecular flexibility index (Phi) is 8.50. The van der Waals surface area contributed by atoms with Crippen molar-refractivity contribution in [2.75, 3.05) is 0 Å². The second-order valence-corrected chi connectivity index (χ2v) is 11.4. The van der Waals surface area contributed by atoms with Crippen LogP contribution in [0, 0.1) is 29.4 Å². The molecule has 3 aromatic rings. The van der Waals surface area contributed by atoms with Crippen molar-refractivity contribution < 1.29 is 40.6 Å². The maximum absolute atomic E-state index is 14.9. The molecule has 2 N–H and O–H groups in total. The fourth-order valence-electron chi connectivity index (χ4n) is 4.62. The first-order chi connectivity index (χ1) is 19.3. The van der Waals surface area contributed by atoms with E-state index < -0.39 is 77.1 Å². The van der Waals surface area contributed by atoms with E-state index in [0.29, 0.717) is 15.2 Å². The minimum atomic E-state index is -5.02. The van der Waals surface area contributed by atoms with Crippen LogP contribution in [0.5, 0.6) is 0 Å². The summed E-state index contributed by atoms with van der Waals surface area (Å²) in [4.78, 5) is 17.6. The second-order valence-electron chi connectivity index (χ2n) is 10.5. The van der Waals surface area contributed by atoms with Crippen molar-refractivity contribution in [1.29, 1.82) is 0 Å². The summed E-state index contributed by atoms with van der Waals surface area (Å²) in [5, 5.41) is 15.8. The first kappa shape index (κ1) is 31.5. The van der Waals surface area contributed by atoms with E-state index in [1.54, 1.807) is 0 Å². The SMILES string of the molecule is CC1Cc2c(C(F)(F)F)nn(CC(=O)NC(Cc3cc(F)cc(F)c3)c3nc(C#CC(C)(C)O)ccc3Br)c2C1(F)F. The van der Waals surface area contributed by atoms with Crippen molar-refractivity contribution in [3.05, 3.63) is 80.3 Å². The molecule has 0 radical (unpaired) electrons. The summed E-state index contributed by atoms with van der Waals surface area (Å²) in [6, 6.07) is 4.57. The topological polar surface area (TPSA) is 80.0 Å². The number of carbonyl (C=O) groups is 1. The molecule has 2 aromatic heterocycles. The number of pyridine rings is 1. The Morgan fingerprint density at radius 1 is 1.21 bits per heavy atom. The van der Waals surface area contributed by atoms with Gasteiger partial charge in [-0.15, -0.1) is 0 Å². The van der Waals surface area contributed by atoms with Crippen molar-refractivity contribution in [3.8, 4) is 11.8 Å². The van der Waals surface area contributed by atoms with E-state index in [1.165, 1.54) is 26.0 Å². The van der Waals surface area contributed by atoms with Gasteiger partial charge in [-0.25, -0.2) is 13.8 Å². The highest BCUT2D eigenvalue weighted by molar-refractivity contribution is 9.10. The van der Waals surface area contributed by atoms with Crippen LogP contribution >= 0.6 is 15.9 Å². The van der Waals surface area contributed by atoms with Crippen molar-refractivity contribution in [2.24, 2.45) is 5.92 Å². The fourth-order valence-corrected chi connectivity index (χ4v) is 5.12. The van der Waals surface area contributed by atoms with Crippen molar-refractivity contribution in [1.82, 2.24) is 20.1 Å². The molecule has 2 atom stereocenters. The Morgan fingerprint density at radius 3 is 2.45 bits per heavy atom. The molecule has 224 valence electrons. The largest absolute Gasteiger partial charge is 0.435 e. The quantitative estimate of drug-likeness (QED) is 0.257. The summed E-state index contributed by atoms with van der Waals surface area (Å²) in [6.07, 6.45) is -5.83. The third-order valence-electron chi connectivity index (χ3n) is 6.45. The van der Waals surface area contributed by atoms with Gasteiger partial charge >= 0.3 is 6.18 Å². The molecule has 1 aromatic carbocycles. The molecule has 4 rings (SSSR count). The van der Waals surface area contributed by atoms with Gasteiger partial charge in [-0.05, 0) is 78.4 Å². The highest BCUT2D eigenvalue weighted by atomic mass is 79.9. The maximum Gasteiger partial charge on any atom is 0.435 e. The van der Waals surface area contributed by atoms with Crippen LogP contribution in [0.4, 0.5) is 30.7 Å². The number of amides is 1. The summed E-state index contributed by atoms with van der Waals surface area (Å²) in [5.74, 6) is -2.65. The number of nitrogens with one attached hydrogen (secondary N) is 1. The number of carbonyl (C=O) groups excluding carboxylic acids is 1. The Balaban J connectivity index is 1.72. The molecule has 0 aliphatic heterocycles. The van der Waals surface area contributed by atoms with Crippen LogP contribution in [0.1, 0.15) is 60.7 Å². The second kappa shape index (κ2) is 11.3. The molecule has 0 spiro atoms. The molecule has 14 heteroatoms. The van der Waals surface area contributed by atoms with Crippen LogP contribution in [0.25, 0.3) is 0 Å².